The molecule has 2 aromatic rings. The van der Waals surface area contributed by atoms with Crippen LogP contribution in [0.1, 0.15) is 67.5 Å². The van der Waals surface area contributed by atoms with Gasteiger partial charge in [-0.25, -0.2) is 9.18 Å². The smallest absolute Gasteiger partial charge is 1.00 e. The third kappa shape index (κ3) is 6.58. The van der Waals surface area contributed by atoms with E-state index in [0.717, 1.165) is 4.90 Å². The molecular weight excluding hydrogens is 566 g/mol. The molecule has 2 heterocycles. The summed E-state index contributed by atoms with van der Waals surface area (Å²) in [4.78, 5) is 28.4. The van der Waals surface area contributed by atoms with Gasteiger partial charge < -0.3 is 21.6 Å². The number of alkyl halides is 6. The van der Waals surface area contributed by atoms with Crippen LogP contribution in [0.2, 0.25) is 0 Å². The van der Waals surface area contributed by atoms with Crippen molar-refractivity contribution < 1.29 is 65.7 Å². The number of rotatable bonds is 4. The average Bonchev–Trinajstić information content (AvgIpc) is 3.29. The maximum Gasteiger partial charge on any atom is 1.00 e. The number of carboxylic acids is 1. The predicted molar refractivity (Wildman–Crippen MR) is 135 cm³/mol. The first kappa shape index (κ1) is 33.7. The molecule has 2 aliphatic rings. The zero-order valence-corrected chi connectivity index (χ0v) is 23.5. The van der Waals surface area contributed by atoms with E-state index >= 15 is 0 Å². The Hall–Kier alpha value is -2.75. The van der Waals surface area contributed by atoms with Crippen LogP contribution in [0.15, 0.2) is 36.4 Å². The number of hydrogen-bond acceptors (Lipinski definition) is 3. The van der Waals surface area contributed by atoms with E-state index in [0.29, 0.717) is 36.2 Å². The number of piperidine rings is 1. The zero-order chi connectivity index (χ0) is 30.5. The number of hydrogen-bond donors (Lipinski definition) is 2. The van der Waals surface area contributed by atoms with Gasteiger partial charge >= 0.3 is 43.2 Å². The Balaban J connectivity index is 0.00000323. The number of likely N-dealkylation sites (tertiary alicyclic amines) is 1. The van der Waals surface area contributed by atoms with Crippen LogP contribution in [0.3, 0.4) is 0 Å². The Morgan fingerprint density at radius 3 is 2.21 bits per heavy atom. The van der Waals surface area contributed by atoms with Gasteiger partial charge in [-0.1, -0.05) is 6.07 Å². The molecule has 0 radical (unpaired) electrons. The molecular formula is C28H31F7LiN3O3. The molecule has 2 aromatic carbocycles. The number of carboxylic acid groups (broad SMARTS) is 1. The van der Waals surface area contributed by atoms with E-state index in [9.17, 15) is 45.4 Å². The summed E-state index contributed by atoms with van der Waals surface area (Å²) >= 11 is 0. The molecule has 0 unspecified atom stereocenters. The average molecular weight is 598 g/mol. The fourth-order valence-corrected chi connectivity index (χ4v) is 6.07. The summed E-state index contributed by atoms with van der Waals surface area (Å²) in [5.74, 6) is -2.22. The molecule has 0 aliphatic carbocycles. The van der Waals surface area contributed by atoms with E-state index in [-0.39, 0.29) is 51.3 Å². The number of nitrogens with zero attached hydrogens (tertiary/aromatic N) is 2. The van der Waals surface area contributed by atoms with Gasteiger partial charge in [-0.3, -0.25) is 4.79 Å². The molecule has 2 saturated heterocycles. The number of aliphatic carboxylic acids is 1. The topological polar surface area (TPSA) is 72.9 Å². The van der Waals surface area contributed by atoms with Crippen LogP contribution in [-0.4, -0.2) is 52.6 Å². The maximum absolute atomic E-state index is 13.9. The van der Waals surface area contributed by atoms with Gasteiger partial charge in [-0.05, 0) is 86.7 Å². The summed E-state index contributed by atoms with van der Waals surface area (Å²) < 4.78 is 94.7. The Morgan fingerprint density at radius 2 is 1.69 bits per heavy atom. The van der Waals surface area contributed by atoms with Crippen molar-refractivity contribution in [1.29, 1.82) is 0 Å². The molecule has 4 rings (SSSR count). The number of nitrogens with one attached hydrogen (secondary N) is 1. The van der Waals surface area contributed by atoms with Crippen molar-refractivity contribution in [2.75, 3.05) is 20.1 Å². The van der Waals surface area contributed by atoms with Gasteiger partial charge in [0.2, 0.25) is 0 Å². The first-order valence-electron chi connectivity index (χ1n) is 13.0. The molecule has 42 heavy (non-hydrogen) atoms. The van der Waals surface area contributed by atoms with Crippen LogP contribution < -0.4 is 24.2 Å². The minimum atomic E-state index is -5.04. The van der Waals surface area contributed by atoms with E-state index in [2.05, 4.69) is 5.32 Å². The summed E-state index contributed by atoms with van der Waals surface area (Å²) in [7, 11) is 1.29. The van der Waals surface area contributed by atoms with Crippen molar-refractivity contribution >= 4 is 12.0 Å². The Labute approximate surface area is 251 Å². The number of halogens is 7. The van der Waals surface area contributed by atoms with Crippen LogP contribution in [0.25, 0.3) is 0 Å². The molecule has 2 fully saturated rings. The molecule has 14 heteroatoms. The predicted octanol–water partition coefficient (Wildman–Crippen LogP) is 3.67. The summed E-state index contributed by atoms with van der Waals surface area (Å²) in [6.45, 7) is 3.49. The van der Waals surface area contributed by atoms with E-state index in [1.807, 2.05) is 0 Å². The zero-order valence-electron chi connectivity index (χ0n) is 24.5. The van der Waals surface area contributed by atoms with E-state index < -0.39 is 64.8 Å². The SMILES string of the molecule is Cc1cc(F)ccc1[C@H]1C[C@@]2(CCN1C(=O)N(C)[C@H](C)c1cc(C(F)(F)F)cc(C(F)(F)F)c1)NCC[C@@H]2C(=O)O.[H-].[Li+]. The van der Waals surface area contributed by atoms with E-state index in [1.54, 1.807) is 6.92 Å². The largest absolute Gasteiger partial charge is 1.00 e. The first-order valence-corrected chi connectivity index (χ1v) is 13.0. The normalized spacial score (nSPS) is 23.4. The van der Waals surface area contributed by atoms with Crippen molar-refractivity contribution in [2.24, 2.45) is 5.92 Å². The van der Waals surface area contributed by atoms with E-state index in [4.69, 9.17) is 0 Å². The maximum atomic E-state index is 13.9. The van der Waals surface area contributed by atoms with Crippen molar-refractivity contribution in [1.82, 2.24) is 15.1 Å². The van der Waals surface area contributed by atoms with Crippen LogP contribution >= 0.6 is 0 Å². The number of carbonyl (C=O) groups excluding carboxylic acids is 1. The van der Waals surface area contributed by atoms with Gasteiger partial charge in [0.25, 0.3) is 0 Å². The summed E-state index contributed by atoms with van der Waals surface area (Å²) in [5.41, 5.74) is -3.09. The number of urea groups is 1. The second-order valence-electron chi connectivity index (χ2n) is 10.8. The van der Waals surface area contributed by atoms with Gasteiger partial charge in [-0.15, -0.1) is 0 Å². The summed E-state index contributed by atoms with van der Waals surface area (Å²) in [6.07, 6.45) is -9.27. The molecule has 2 N–H and O–H groups in total. The molecule has 4 atom stereocenters. The number of aryl methyl sites for hydroxylation is 1. The standard InChI is InChI=1S/C28H30F7N3O3.Li.H/c1-15-10-20(29)4-5-21(15)23-14-26(22(24(39)40)6-8-36-26)7-9-38(23)25(41)37(3)16(2)17-11-18(27(30,31)32)13-19(12-17)28(33,34)35;;/h4-5,10-13,16,22-23,36H,6-9,14H2,1-3H3,(H,39,40);;/q;+1;-1/t16-,22-,23-,26-;;/m1../s1. The monoisotopic (exact) mass is 597 g/mol. The quantitative estimate of drug-likeness (QED) is 0.417. The molecule has 226 valence electrons. The Kier molecular flexibility index (Phi) is 9.71. The molecule has 0 bridgehead atoms. The fourth-order valence-electron chi connectivity index (χ4n) is 6.07. The molecule has 0 aromatic heterocycles. The van der Waals surface area contributed by atoms with Crippen molar-refractivity contribution in [3.8, 4) is 0 Å². The summed E-state index contributed by atoms with van der Waals surface area (Å²) in [6, 6.07) is 2.64. The van der Waals surface area contributed by atoms with Crippen molar-refractivity contribution in [3.05, 3.63) is 70.0 Å². The van der Waals surface area contributed by atoms with Gasteiger partial charge in [0.05, 0.1) is 29.1 Å². The molecule has 6 nitrogen and oxygen atoms in total. The molecule has 2 aliphatic heterocycles. The fraction of sp³-hybridized carbons (Fsp3) is 0.500. The third-order valence-corrected chi connectivity index (χ3v) is 8.42. The number of amides is 2. The Morgan fingerprint density at radius 1 is 1.10 bits per heavy atom. The molecule has 1 spiro atoms. The van der Waals surface area contributed by atoms with Crippen molar-refractivity contribution in [3.63, 3.8) is 0 Å². The second kappa shape index (κ2) is 12.1. The second-order valence-corrected chi connectivity index (χ2v) is 10.8. The van der Waals surface area contributed by atoms with E-state index in [1.165, 1.54) is 37.1 Å². The minimum absolute atomic E-state index is 0. The van der Waals surface area contributed by atoms with Crippen LogP contribution in [0, 0.1) is 18.7 Å². The summed E-state index contributed by atoms with van der Waals surface area (Å²) in [5, 5.41) is 13.2. The van der Waals surface area contributed by atoms with Gasteiger partial charge in [0.1, 0.15) is 5.82 Å². The van der Waals surface area contributed by atoms with Gasteiger partial charge in [0.15, 0.2) is 0 Å². The van der Waals surface area contributed by atoms with Gasteiger partial charge in [0, 0.05) is 19.1 Å². The molecule has 2 amide bonds. The van der Waals surface area contributed by atoms with Crippen molar-refractivity contribution in [2.45, 2.75) is 63.1 Å². The van der Waals surface area contributed by atoms with Crippen LogP contribution in [0.4, 0.5) is 35.5 Å². The first-order chi connectivity index (χ1) is 18.9. The molecule has 0 saturated carbocycles. The van der Waals surface area contributed by atoms with Crippen LogP contribution in [-0.2, 0) is 17.1 Å². The number of benzene rings is 2. The third-order valence-electron chi connectivity index (χ3n) is 8.42. The Bertz CT molecular complexity index is 1310. The van der Waals surface area contributed by atoms with Gasteiger partial charge in [-0.2, -0.15) is 26.3 Å². The van der Waals surface area contributed by atoms with Crippen LogP contribution in [0.5, 0.6) is 0 Å². The number of carbonyl (C=O) groups is 2. The minimum Gasteiger partial charge on any atom is -1.00 e.